The molecule has 0 amide bonds. The van der Waals surface area contributed by atoms with Gasteiger partial charge in [0.1, 0.15) is 17.4 Å². The third-order valence-corrected chi connectivity index (χ3v) is 2.57. The number of anilines is 1. The predicted octanol–water partition coefficient (Wildman–Crippen LogP) is 2.15. The van der Waals surface area contributed by atoms with Crippen LogP contribution in [0.1, 0.15) is 6.92 Å². The Hall–Kier alpha value is -2.43. The van der Waals surface area contributed by atoms with Gasteiger partial charge in [0.15, 0.2) is 0 Å². The van der Waals surface area contributed by atoms with Gasteiger partial charge in [0.2, 0.25) is 0 Å². The average Bonchev–Trinajstić information content (AvgIpc) is 2.45. The molecule has 5 nitrogen and oxygen atoms in total. The smallest absolute Gasteiger partial charge is 0.149 e. The van der Waals surface area contributed by atoms with Crippen molar-refractivity contribution in [3.05, 3.63) is 36.4 Å². The molecular formula is C14H15N3O2. The monoisotopic (exact) mass is 257 g/mol. The largest absolute Gasteiger partial charge is 0.496 e. The lowest BCUT2D eigenvalue weighted by molar-refractivity contribution is -0.115. The third kappa shape index (κ3) is 3.28. The lowest BCUT2D eigenvalue weighted by atomic mass is 10.1. The van der Waals surface area contributed by atoms with Gasteiger partial charge in [-0.1, -0.05) is 12.1 Å². The number of aromatic nitrogens is 2. The summed E-state index contributed by atoms with van der Waals surface area (Å²) in [5.74, 6) is 1.38. The van der Waals surface area contributed by atoms with Crippen LogP contribution >= 0.6 is 0 Å². The lowest BCUT2D eigenvalue weighted by Gasteiger charge is -2.07. The third-order valence-electron chi connectivity index (χ3n) is 2.57. The van der Waals surface area contributed by atoms with E-state index in [0.29, 0.717) is 5.82 Å². The van der Waals surface area contributed by atoms with E-state index in [1.165, 1.54) is 6.92 Å². The highest BCUT2D eigenvalue weighted by atomic mass is 16.5. The van der Waals surface area contributed by atoms with E-state index in [9.17, 15) is 4.79 Å². The van der Waals surface area contributed by atoms with Crippen LogP contribution in [0.25, 0.3) is 11.3 Å². The molecule has 1 aromatic carbocycles. The number of nitrogens with one attached hydrogen (secondary N) is 1. The number of benzene rings is 1. The summed E-state index contributed by atoms with van der Waals surface area (Å²) in [4.78, 5) is 10.9. The van der Waals surface area contributed by atoms with Crippen LogP contribution < -0.4 is 10.1 Å². The van der Waals surface area contributed by atoms with Gasteiger partial charge in [0.25, 0.3) is 0 Å². The lowest BCUT2D eigenvalue weighted by Crippen LogP contribution is -2.11. The fourth-order valence-corrected chi connectivity index (χ4v) is 1.64. The molecule has 98 valence electrons. The van der Waals surface area contributed by atoms with Gasteiger partial charge in [-0.25, -0.2) is 0 Å². The molecular weight excluding hydrogens is 242 g/mol. The fraction of sp³-hybridized carbons (Fsp3) is 0.214. The molecule has 0 bridgehead atoms. The van der Waals surface area contributed by atoms with Gasteiger partial charge in [0.05, 0.1) is 19.3 Å². The van der Waals surface area contributed by atoms with Crippen LogP contribution in [0, 0.1) is 0 Å². The van der Waals surface area contributed by atoms with Crippen LogP contribution in [0.15, 0.2) is 36.4 Å². The van der Waals surface area contributed by atoms with E-state index in [1.54, 1.807) is 13.2 Å². The van der Waals surface area contributed by atoms with Crippen LogP contribution in [-0.4, -0.2) is 29.6 Å². The molecule has 0 unspecified atom stereocenters. The molecule has 2 aromatic rings. The van der Waals surface area contributed by atoms with Crippen LogP contribution in [0.5, 0.6) is 5.75 Å². The van der Waals surface area contributed by atoms with Gasteiger partial charge in [-0.2, -0.15) is 0 Å². The Morgan fingerprint density at radius 2 is 2.00 bits per heavy atom. The second kappa shape index (κ2) is 5.95. The number of Topliss-reactive ketones (excluding diaryl/α,β-unsaturated/α-hetero) is 1. The molecule has 19 heavy (non-hydrogen) atoms. The first-order valence-electron chi connectivity index (χ1n) is 5.91. The van der Waals surface area contributed by atoms with E-state index >= 15 is 0 Å². The minimum atomic E-state index is 0.0515. The number of para-hydroxylation sites is 1. The first kappa shape index (κ1) is 13.0. The molecule has 0 aliphatic carbocycles. The van der Waals surface area contributed by atoms with Gasteiger partial charge in [-0.15, -0.1) is 10.2 Å². The Bertz CT molecular complexity index is 567. The molecule has 1 heterocycles. The highest BCUT2D eigenvalue weighted by Crippen LogP contribution is 2.27. The van der Waals surface area contributed by atoms with Crippen molar-refractivity contribution in [1.29, 1.82) is 0 Å². The summed E-state index contributed by atoms with van der Waals surface area (Å²) in [5, 5.41) is 11.1. The molecule has 0 atom stereocenters. The zero-order valence-electron chi connectivity index (χ0n) is 10.9. The number of hydrogen-bond donors (Lipinski definition) is 1. The average molecular weight is 257 g/mol. The number of rotatable bonds is 5. The van der Waals surface area contributed by atoms with E-state index in [4.69, 9.17) is 4.74 Å². The topological polar surface area (TPSA) is 64.1 Å². The maximum absolute atomic E-state index is 10.9. The summed E-state index contributed by atoms with van der Waals surface area (Å²) in [5.41, 5.74) is 1.61. The number of nitrogens with zero attached hydrogens (tertiary/aromatic N) is 2. The van der Waals surface area contributed by atoms with Crippen molar-refractivity contribution in [3.8, 4) is 17.0 Å². The van der Waals surface area contributed by atoms with Gasteiger partial charge < -0.3 is 10.1 Å². The van der Waals surface area contributed by atoms with Gasteiger partial charge in [0, 0.05) is 5.56 Å². The number of carbonyl (C=O) groups is 1. The summed E-state index contributed by atoms with van der Waals surface area (Å²) in [7, 11) is 1.62. The van der Waals surface area contributed by atoms with Crippen molar-refractivity contribution in [2.24, 2.45) is 0 Å². The van der Waals surface area contributed by atoms with E-state index in [1.807, 2.05) is 30.3 Å². The quantitative estimate of drug-likeness (QED) is 0.889. The molecule has 1 N–H and O–H groups in total. The SMILES string of the molecule is COc1ccccc1-c1ccc(NCC(C)=O)nn1. The highest BCUT2D eigenvalue weighted by Gasteiger charge is 2.06. The van der Waals surface area contributed by atoms with Crippen molar-refractivity contribution >= 4 is 11.6 Å². The standard InChI is InChI=1S/C14H15N3O2/c1-10(18)9-15-14-8-7-12(16-17-14)11-5-3-4-6-13(11)19-2/h3-8H,9H2,1-2H3,(H,15,17). The normalized spacial score (nSPS) is 10.0. The number of ketones is 1. The highest BCUT2D eigenvalue weighted by molar-refractivity contribution is 5.80. The second-order valence-corrected chi connectivity index (χ2v) is 4.06. The van der Waals surface area contributed by atoms with E-state index in [2.05, 4.69) is 15.5 Å². The zero-order chi connectivity index (χ0) is 13.7. The van der Waals surface area contributed by atoms with E-state index in [0.717, 1.165) is 17.0 Å². The van der Waals surface area contributed by atoms with Crippen molar-refractivity contribution < 1.29 is 9.53 Å². The first-order chi connectivity index (χ1) is 9.20. The summed E-state index contributed by atoms with van der Waals surface area (Å²) in [6.07, 6.45) is 0. The molecule has 0 radical (unpaired) electrons. The maximum Gasteiger partial charge on any atom is 0.149 e. The van der Waals surface area contributed by atoms with Crippen LogP contribution in [0.2, 0.25) is 0 Å². The number of ether oxygens (including phenoxy) is 1. The van der Waals surface area contributed by atoms with Crippen LogP contribution in [0.4, 0.5) is 5.82 Å². The molecule has 2 rings (SSSR count). The number of hydrogen-bond acceptors (Lipinski definition) is 5. The summed E-state index contributed by atoms with van der Waals surface area (Å²) < 4.78 is 5.28. The molecule has 5 heteroatoms. The molecule has 1 aromatic heterocycles. The molecule has 0 saturated heterocycles. The van der Waals surface area contributed by atoms with Crippen LogP contribution in [-0.2, 0) is 4.79 Å². The molecule has 0 saturated carbocycles. The van der Waals surface area contributed by atoms with Crippen molar-refractivity contribution in [1.82, 2.24) is 10.2 Å². The summed E-state index contributed by atoms with van der Waals surface area (Å²) >= 11 is 0. The predicted molar refractivity (Wildman–Crippen MR) is 73.2 cm³/mol. The van der Waals surface area contributed by atoms with E-state index in [-0.39, 0.29) is 12.3 Å². The zero-order valence-corrected chi connectivity index (χ0v) is 10.9. The van der Waals surface area contributed by atoms with Crippen molar-refractivity contribution in [3.63, 3.8) is 0 Å². The molecule has 0 fully saturated rings. The van der Waals surface area contributed by atoms with Crippen LogP contribution in [0.3, 0.4) is 0 Å². The second-order valence-electron chi connectivity index (χ2n) is 4.06. The molecule has 0 aliphatic rings. The van der Waals surface area contributed by atoms with Gasteiger partial charge >= 0.3 is 0 Å². The van der Waals surface area contributed by atoms with Gasteiger partial charge in [-0.3, -0.25) is 4.79 Å². The van der Waals surface area contributed by atoms with Crippen molar-refractivity contribution in [2.45, 2.75) is 6.92 Å². The Morgan fingerprint density at radius 1 is 1.21 bits per heavy atom. The van der Waals surface area contributed by atoms with Gasteiger partial charge in [-0.05, 0) is 31.2 Å². The minimum absolute atomic E-state index is 0.0515. The van der Waals surface area contributed by atoms with E-state index < -0.39 is 0 Å². The number of methoxy groups -OCH3 is 1. The summed E-state index contributed by atoms with van der Waals surface area (Å²) in [6.45, 7) is 1.77. The van der Waals surface area contributed by atoms with Crippen molar-refractivity contribution in [2.75, 3.05) is 19.0 Å². The minimum Gasteiger partial charge on any atom is -0.496 e. The molecule has 0 spiro atoms. The first-order valence-corrected chi connectivity index (χ1v) is 5.91. The Labute approximate surface area is 111 Å². The summed E-state index contributed by atoms with van der Waals surface area (Å²) in [6, 6.07) is 11.2. The maximum atomic E-state index is 10.9. The Morgan fingerprint density at radius 3 is 2.63 bits per heavy atom. The Balaban J connectivity index is 2.20. The molecule has 0 aliphatic heterocycles. The fourth-order valence-electron chi connectivity index (χ4n) is 1.64. The number of carbonyl (C=O) groups excluding carboxylic acids is 1. The Kier molecular flexibility index (Phi) is 4.07.